The number of carbonyl (C=O) groups is 1. The minimum Gasteiger partial charge on any atom is -0.488 e. The zero-order valence-corrected chi connectivity index (χ0v) is 16.5. The molecule has 29 heavy (non-hydrogen) atoms. The van der Waals surface area contributed by atoms with Gasteiger partial charge in [0.25, 0.3) is 0 Å². The molecule has 1 aliphatic carbocycles. The molecular weight excluding hydrogens is 364 g/mol. The number of fused-ring (bicyclic) bond motifs is 1. The lowest BCUT2D eigenvalue weighted by Crippen LogP contribution is -2.13. The van der Waals surface area contributed by atoms with E-state index in [1.807, 2.05) is 72.8 Å². The molecule has 0 bridgehead atoms. The number of hydrogen-bond acceptors (Lipinski definition) is 4. The van der Waals surface area contributed by atoms with E-state index in [9.17, 15) is 4.79 Å². The predicted molar refractivity (Wildman–Crippen MR) is 111 cm³/mol. The maximum atomic E-state index is 13.1. The van der Waals surface area contributed by atoms with Crippen LogP contribution in [0.1, 0.15) is 27.0 Å². The van der Waals surface area contributed by atoms with Gasteiger partial charge < -0.3 is 14.2 Å². The monoisotopic (exact) mass is 388 g/mol. The summed E-state index contributed by atoms with van der Waals surface area (Å²) in [5.41, 5.74) is 4.02. The van der Waals surface area contributed by atoms with Crippen molar-refractivity contribution in [2.24, 2.45) is 5.92 Å². The van der Waals surface area contributed by atoms with E-state index in [4.69, 9.17) is 14.2 Å². The van der Waals surface area contributed by atoms with Crippen LogP contribution in [-0.4, -0.2) is 19.7 Å². The molecule has 3 aromatic carbocycles. The highest BCUT2D eigenvalue weighted by Crippen LogP contribution is 2.35. The normalized spacial score (nSPS) is 15.2. The van der Waals surface area contributed by atoms with E-state index in [2.05, 4.69) is 0 Å². The highest BCUT2D eigenvalue weighted by atomic mass is 16.7. The Balaban J connectivity index is 1.44. The molecule has 0 fully saturated rings. The topological polar surface area (TPSA) is 44.8 Å². The maximum Gasteiger partial charge on any atom is 0.188 e. The van der Waals surface area contributed by atoms with Crippen LogP contribution in [0.4, 0.5) is 0 Å². The van der Waals surface area contributed by atoms with Gasteiger partial charge in [-0.15, -0.1) is 0 Å². The van der Waals surface area contributed by atoms with Crippen molar-refractivity contribution >= 4 is 5.78 Å². The quantitative estimate of drug-likeness (QED) is 0.518. The second-order valence-electron chi connectivity index (χ2n) is 7.23. The summed E-state index contributed by atoms with van der Waals surface area (Å²) < 4.78 is 16.3. The third-order valence-electron chi connectivity index (χ3n) is 5.18. The van der Waals surface area contributed by atoms with Crippen LogP contribution in [0.2, 0.25) is 0 Å². The number of methoxy groups -OCH3 is 1. The highest BCUT2D eigenvalue weighted by molar-refractivity contribution is 6.04. The second kappa shape index (κ2) is 8.93. The number of hydrogen-bond donors (Lipinski definition) is 0. The van der Waals surface area contributed by atoms with Gasteiger partial charge in [0.15, 0.2) is 12.6 Å². The smallest absolute Gasteiger partial charge is 0.188 e. The zero-order valence-electron chi connectivity index (χ0n) is 16.5. The van der Waals surface area contributed by atoms with E-state index in [1.165, 1.54) is 0 Å². The molecule has 0 saturated carbocycles. The van der Waals surface area contributed by atoms with Crippen molar-refractivity contribution in [3.63, 3.8) is 0 Å². The summed E-state index contributed by atoms with van der Waals surface area (Å²) in [7, 11) is 1.59. The summed E-state index contributed by atoms with van der Waals surface area (Å²) in [6.07, 6.45) is 1.45. The molecule has 1 atom stereocenters. The Bertz CT molecular complexity index is 964. The molecule has 1 aliphatic rings. The van der Waals surface area contributed by atoms with Gasteiger partial charge in [0.2, 0.25) is 0 Å². The zero-order chi connectivity index (χ0) is 20.1. The molecule has 0 aromatic heterocycles. The fourth-order valence-electron chi connectivity index (χ4n) is 3.74. The van der Waals surface area contributed by atoms with Crippen molar-refractivity contribution in [1.82, 2.24) is 0 Å². The van der Waals surface area contributed by atoms with E-state index < -0.39 is 0 Å². The minimum absolute atomic E-state index is 0.0581. The molecule has 0 N–H and O–H groups in total. The highest BCUT2D eigenvalue weighted by Gasteiger charge is 2.33. The number of rotatable bonds is 8. The molecule has 3 aromatic rings. The van der Waals surface area contributed by atoms with Crippen LogP contribution in [0.5, 0.6) is 11.5 Å². The summed E-state index contributed by atoms with van der Waals surface area (Å²) in [5.74, 6) is 1.55. The van der Waals surface area contributed by atoms with Crippen molar-refractivity contribution < 1.29 is 19.0 Å². The van der Waals surface area contributed by atoms with Crippen LogP contribution >= 0.6 is 0 Å². The first-order chi connectivity index (χ1) is 14.2. The van der Waals surface area contributed by atoms with Gasteiger partial charge in [0.05, 0.1) is 5.56 Å². The summed E-state index contributed by atoms with van der Waals surface area (Å²) in [6.45, 7) is 0.680. The van der Waals surface area contributed by atoms with Crippen molar-refractivity contribution in [1.29, 1.82) is 0 Å². The summed E-state index contributed by atoms with van der Waals surface area (Å²) in [5, 5.41) is 0. The molecule has 0 spiro atoms. The molecule has 4 heteroatoms. The van der Waals surface area contributed by atoms with Crippen molar-refractivity contribution in [2.75, 3.05) is 13.9 Å². The molecule has 4 rings (SSSR count). The summed E-state index contributed by atoms with van der Waals surface area (Å²) in [4.78, 5) is 13.1. The SMILES string of the molecule is COCOc1ccc(CC2Cc3cccc(OCc4ccccc4)c3C2=O)cc1. The Kier molecular flexibility index (Phi) is 5.92. The standard InChI is InChI=1S/C25H24O4/c1-27-17-29-22-12-10-18(11-13-22)14-21-15-20-8-5-9-23(24(20)25(21)26)28-16-19-6-3-2-4-7-19/h2-13,21H,14-17H2,1H3. The Morgan fingerprint density at radius 2 is 1.66 bits per heavy atom. The molecule has 1 unspecified atom stereocenters. The molecule has 4 nitrogen and oxygen atoms in total. The van der Waals surface area contributed by atoms with Crippen LogP contribution in [-0.2, 0) is 24.2 Å². The number of ether oxygens (including phenoxy) is 3. The first-order valence-electron chi connectivity index (χ1n) is 9.78. The van der Waals surface area contributed by atoms with Crippen molar-refractivity contribution in [3.05, 3.63) is 95.1 Å². The first kappa shape index (κ1) is 19.2. The van der Waals surface area contributed by atoms with Gasteiger partial charge >= 0.3 is 0 Å². The van der Waals surface area contributed by atoms with Gasteiger partial charge in [-0.1, -0.05) is 54.6 Å². The average Bonchev–Trinajstić information content (AvgIpc) is 3.08. The van der Waals surface area contributed by atoms with Gasteiger partial charge in [-0.2, -0.15) is 0 Å². The molecule has 148 valence electrons. The van der Waals surface area contributed by atoms with E-state index in [-0.39, 0.29) is 18.5 Å². The van der Waals surface area contributed by atoms with Crippen LogP contribution in [0.25, 0.3) is 0 Å². The average molecular weight is 388 g/mol. The first-order valence-corrected chi connectivity index (χ1v) is 9.78. The molecule has 0 amide bonds. The van der Waals surface area contributed by atoms with Crippen LogP contribution < -0.4 is 9.47 Å². The number of ketones is 1. The third kappa shape index (κ3) is 4.49. The Morgan fingerprint density at radius 1 is 0.862 bits per heavy atom. The minimum atomic E-state index is -0.0581. The Morgan fingerprint density at radius 3 is 2.41 bits per heavy atom. The van der Waals surface area contributed by atoms with Crippen LogP contribution in [0.15, 0.2) is 72.8 Å². The van der Waals surface area contributed by atoms with E-state index in [0.29, 0.717) is 18.8 Å². The van der Waals surface area contributed by atoms with E-state index in [0.717, 1.165) is 34.4 Å². The number of Topliss-reactive ketones (excluding diaryl/α,β-unsaturated/α-hetero) is 1. The summed E-state index contributed by atoms with van der Waals surface area (Å²) >= 11 is 0. The molecular formula is C25H24O4. The Labute approximate surface area is 171 Å². The van der Waals surface area contributed by atoms with Gasteiger partial charge in [-0.3, -0.25) is 4.79 Å². The lowest BCUT2D eigenvalue weighted by Gasteiger charge is -2.11. The molecule has 0 saturated heterocycles. The fourth-order valence-corrected chi connectivity index (χ4v) is 3.74. The molecule has 0 heterocycles. The van der Waals surface area contributed by atoms with Crippen molar-refractivity contribution in [3.8, 4) is 11.5 Å². The maximum absolute atomic E-state index is 13.1. The third-order valence-corrected chi connectivity index (χ3v) is 5.18. The van der Waals surface area contributed by atoms with E-state index in [1.54, 1.807) is 7.11 Å². The van der Waals surface area contributed by atoms with Gasteiger partial charge in [0.1, 0.15) is 18.1 Å². The van der Waals surface area contributed by atoms with Crippen LogP contribution in [0, 0.1) is 5.92 Å². The Hall–Kier alpha value is -3.11. The lowest BCUT2D eigenvalue weighted by molar-refractivity contribution is 0.0511. The predicted octanol–water partition coefficient (Wildman–Crippen LogP) is 4.85. The van der Waals surface area contributed by atoms with Crippen molar-refractivity contribution in [2.45, 2.75) is 19.4 Å². The largest absolute Gasteiger partial charge is 0.488 e. The number of carbonyl (C=O) groups excluding carboxylic acids is 1. The van der Waals surface area contributed by atoms with Gasteiger partial charge in [0, 0.05) is 13.0 Å². The van der Waals surface area contributed by atoms with Crippen LogP contribution in [0.3, 0.4) is 0 Å². The molecule has 0 aliphatic heterocycles. The van der Waals surface area contributed by atoms with Gasteiger partial charge in [-0.05, 0) is 47.7 Å². The fraction of sp³-hybridized carbons (Fsp3) is 0.240. The summed E-state index contributed by atoms with van der Waals surface area (Å²) in [6, 6.07) is 23.7. The lowest BCUT2D eigenvalue weighted by atomic mass is 9.95. The molecule has 0 radical (unpaired) electrons. The number of benzene rings is 3. The van der Waals surface area contributed by atoms with E-state index >= 15 is 0 Å². The van der Waals surface area contributed by atoms with Gasteiger partial charge in [-0.25, -0.2) is 0 Å². The second-order valence-corrected chi connectivity index (χ2v) is 7.23.